The summed E-state index contributed by atoms with van der Waals surface area (Å²) in [6.07, 6.45) is 0.0787. The maximum atomic E-state index is 13.2. The number of rotatable bonds is 3. The lowest BCUT2D eigenvalue weighted by atomic mass is 10.0. The van der Waals surface area contributed by atoms with Crippen LogP contribution in [0.3, 0.4) is 0 Å². The average molecular weight is 453 g/mol. The molecule has 0 atom stereocenters. The quantitative estimate of drug-likeness (QED) is 0.457. The molecule has 2 aromatic rings. The molecule has 0 aliphatic heterocycles. The van der Waals surface area contributed by atoms with Crippen LogP contribution in [-0.2, 0) is 6.42 Å². The zero-order chi connectivity index (χ0) is 14.0. The highest BCUT2D eigenvalue weighted by Gasteiger charge is 2.13. The van der Waals surface area contributed by atoms with Crippen molar-refractivity contribution in [3.05, 3.63) is 66.4 Å². The molecule has 0 aromatic heterocycles. The molecule has 0 aliphatic rings. The summed E-state index contributed by atoms with van der Waals surface area (Å²) in [5.41, 5.74) is 1.07. The first kappa shape index (κ1) is 14.9. The Balaban J connectivity index is 2.30. The lowest BCUT2D eigenvalue weighted by Crippen LogP contribution is -2.05. The molecule has 0 bridgehead atoms. The van der Waals surface area contributed by atoms with E-state index in [9.17, 15) is 9.18 Å². The predicted molar refractivity (Wildman–Crippen MR) is 86.3 cm³/mol. The first-order chi connectivity index (χ1) is 8.97. The third kappa shape index (κ3) is 3.77. The van der Waals surface area contributed by atoms with Crippen molar-refractivity contribution in [3.63, 3.8) is 0 Å². The lowest BCUT2D eigenvalue weighted by molar-refractivity contribution is 0.0992. The first-order valence-electron chi connectivity index (χ1n) is 5.39. The molecule has 0 saturated carbocycles. The van der Waals surface area contributed by atoms with Crippen LogP contribution in [0.4, 0.5) is 4.39 Å². The van der Waals surface area contributed by atoms with Crippen LogP contribution < -0.4 is 0 Å². The minimum Gasteiger partial charge on any atom is -0.294 e. The molecule has 0 heterocycles. The van der Waals surface area contributed by atoms with E-state index >= 15 is 0 Å². The molecule has 0 unspecified atom stereocenters. The molecule has 5 heteroatoms. The number of hydrogen-bond acceptors (Lipinski definition) is 1. The number of Topliss-reactive ketones (excluding diaryl/α,β-unsaturated/α-hetero) is 1. The highest BCUT2D eigenvalue weighted by atomic mass is 127. The van der Waals surface area contributed by atoms with Crippen molar-refractivity contribution in [3.8, 4) is 0 Å². The van der Waals surface area contributed by atoms with Crippen LogP contribution in [0.1, 0.15) is 15.9 Å². The number of carbonyl (C=O) groups excluding carboxylic acids is 1. The van der Waals surface area contributed by atoms with Crippen molar-refractivity contribution in [1.29, 1.82) is 0 Å². The summed E-state index contributed by atoms with van der Waals surface area (Å²) in [5.74, 6) is -0.494. The van der Waals surface area contributed by atoms with Crippen LogP contribution in [0.2, 0.25) is 5.02 Å². The van der Waals surface area contributed by atoms with E-state index in [2.05, 4.69) is 38.5 Å². The van der Waals surface area contributed by atoms with Gasteiger partial charge in [0.25, 0.3) is 0 Å². The first-order valence-corrected chi connectivity index (χ1v) is 7.64. The van der Waals surface area contributed by atoms with Crippen LogP contribution >= 0.6 is 50.1 Å². The maximum absolute atomic E-state index is 13.2. The van der Waals surface area contributed by atoms with Crippen molar-refractivity contribution in [2.45, 2.75) is 6.42 Å². The third-order valence-corrected chi connectivity index (χ3v) is 4.32. The standard InChI is InChI=1S/C14H8BrClFIO/c15-12-3-2-10(18)7-11(12)14(19)6-8-5-9(17)1-4-13(8)16/h1-5,7H,6H2. The Morgan fingerprint density at radius 1 is 1.26 bits per heavy atom. The van der Waals surface area contributed by atoms with Gasteiger partial charge in [0.05, 0.1) is 0 Å². The highest BCUT2D eigenvalue weighted by Crippen LogP contribution is 2.24. The number of benzene rings is 2. The van der Waals surface area contributed by atoms with Crippen molar-refractivity contribution >= 4 is 55.9 Å². The molecule has 0 radical (unpaired) electrons. The monoisotopic (exact) mass is 452 g/mol. The fourth-order valence-corrected chi connectivity index (χ4v) is 2.80. The summed E-state index contributed by atoms with van der Waals surface area (Å²) in [5, 5.41) is 0.400. The molecule has 2 aromatic carbocycles. The number of hydrogen-bond donors (Lipinski definition) is 0. The summed E-state index contributed by atoms with van der Waals surface area (Å²) in [6, 6.07) is 9.54. The molecule has 0 fully saturated rings. The lowest BCUT2D eigenvalue weighted by Gasteiger charge is -2.06. The minimum atomic E-state index is -0.395. The molecule has 1 nitrogen and oxygen atoms in total. The number of ketones is 1. The van der Waals surface area contributed by atoms with E-state index in [-0.39, 0.29) is 12.2 Å². The van der Waals surface area contributed by atoms with Gasteiger partial charge in [-0.1, -0.05) is 27.5 Å². The molecule has 2 rings (SSSR count). The van der Waals surface area contributed by atoms with Gasteiger partial charge in [0.2, 0.25) is 0 Å². The molecular weight excluding hydrogens is 445 g/mol. The van der Waals surface area contributed by atoms with Crippen LogP contribution in [0, 0.1) is 9.39 Å². The Kier molecular flexibility index (Phi) is 4.97. The number of carbonyl (C=O) groups is 1. The largest absolute Gasteiger partial charge is 0.294 e. The molecule has 0 N–H and O–H groups in total. The van der Waals surface area contributed by atoms with E-state index in [1.807, 2.05) is 12.1 Å². The van der Waals surface area contributed by atoms with E-state index in [0.29, 0.717) is 16.1 Å². The van der Waals surface area contributed by atoms with Crippen molar-refractivity contribution in [2.24, 2.45) is 0 Å². The van der Waals surface area contributed by atoms with E-state index < -0.39 is 5.82 Å². The van der Waals surface area contributed by atoms with Crippen molar-refractivity contribution in [1.82, 2.24) is 0 Å². The summed E-state index contributed by atoms with van der Waals surface area (Å²) in [7, 11) is 0. The van der Waals surface area contributed by atoms with Crippen LogP contribution in [-0.4, -0.2) is 5.78 Å². The van der Waals surface area contributed by atoms with Gasteiger partial charge < -0.3 is 0 Å². The molecular formula is C14H8BrClFIO. The minimum absolute atomic E-state index is 0.0787. The van der Waals surface area contributed by atoms with Crippen LogP contribution in [0.15, 0.2) is 40.9 Å². The SMILES string of the molecule is O=C(Cc1cc(F)ccc1Cl)c1cc(I)ccc1Br. The van der Waals surface area contributed by atoms with Crippen LogP contribution in [0.5, 0.6) is 0 Å². The molecule has 19 heavy (non-hydrogen) atoms. The molecule has 0 amide bonds. The summed E-state index contributed by atoms with van der Waals surface area (Å²) >= 11 is 11.5. The predicted octanol–water partition coefficient (Wildman–Crippen LogP) is 5.27. The second kappa shape index (κ2) is 6.33. The normalized spacial score (nSPS) is 10.5. The number of halogens is 4. The smallest absolute Gasteiger partial charge is 0.168 e. The molecule has 0 spiro atoms. The van der Waals surface area contributed by atoms with Gasteiger partial charge in [0, 0.05) is 25.0 Å². The van der Waals surface area contributed by atoms with Gasteiger partial charge in [-0.05, 0) is 64.6 Å². The summed E-state index contributed by atoms with van der Waals surface area (Å²) in [6.45, 7) is 0. The van der Waals surface area contributed by atoms with E-state index in [1.54, 1.807) is 6.07 Å². The van der Waals surface area contributed by atoms with E-state index in [0.717, 1.165) is 8.04 Å². The molecule has 0 saturated heterocycles. The Bertz CT molecular complexity index is 645. The Morgan fingerprint density at radius 3 is 2.74 bits per heavy atom. The van der Waals surface area contributed by atoms with Gasteiger partial charge in [0.15, 0.2) is 5.78 Å². The summed E-state index contributed by atoms with van der Waals surface area (Å²) < 4.78 is 14.9. The van der Waals surface area contributed by atoms with Crippen molar-refractivity contribution < 1.29 is 9.18 Å². The van der Waals surface area contributed by atoms with Gasteiger partial charge in [-0.15, -0.1) is 0 Å². The fourth-order valence-electron chi connectivity index (χ4n) is 1.66. The summed E-state index contributed by atoms with van der Waals surface area (Å²) in [4.78, 5) is 12.2. The fraction of sp³-hybridized carbons (Fsp3) is 0.0714. The second-order valence-corrected chi connectivity index (χ2v) is 6.47. The second-order valence-electron chi connectivity index (χ2n) is 3.96. The van der Waals surface area contributed by atoms with Gasteiger partial charge in [-0.2, -0.15) is 0 Å². The van der Waals surface area contributed by atoms with Gasteiger partial charge in [0.1, 0.15) is 5.82 Å². The van der Waals surface area contributed by atoms with E-state index in [1.165, 1.54) is 18.2 Å². The van der Waals surface area contributed by atoms with Gasteiger partial charge >= 0.3 is 0 Å². The molecule has 0 aliphatic carbocycles. The Labute approximate surface area is 137 Å². The topological polar surface area (TPSA) is 17.1 Å². The zero-order valence-corrected chi connectivity index (χ0v) is 14.1. The van der Waals surface area contributed by atoms with Gasteiger partial charge in [-0.25, -0.2) is 4.39 Å². The average Bonchev–Trinajstić information content (AvgIpc) is 2.36. The van der Waals surface area contributed by atoms with Crippen molar-refractivity contribution in [2.75, 3.05) is 0 Å². The van der Waals surface area contributed by atoms with E-state index in [4.69, 9.17) is 11.6 Å². The zero-order valence-electron chi connectivity index (χ0n) is 9.59. The highest BCUT2D eigenvalue weighted by molar-refractivity contribution is 14.1. The van der Waals surface area contributed by atoms with Crippen LogP contribution in [0.25, 0.3) is 0 Å². The Hall–Kier alpha value is -0.460. The Morgan fingerprint density at radius 2 is 2.00 bits per heavy atom. The maximum Gasteiger partial charge on any atom is 0.168 e. The van der Waals surface area contributed by atoms with Gasteiger partial charge in [-0.3, -0.25) is 4.79 Å². The third-order valence-electron chi connectivity index (χ3n) is 2.59. The molecule has 98 valence electrons.